The third-order valence-electron chi connectivity index (χ3n) is 5.87. The van der Waals surface area contributed by atoms with Crippen LogP contribution in [0, 0.1) is 0 Å². The Labute approximate surface area is 174 Å². The van der Waals surface area contributed by atoms with Crippen LogP contribution in [0.25, 0.3) is 0 Å². The van der Waals surface area contributed by atoms with E-state index in [0.717, 1.165) is 43.4 Å². The molecule has 0 bridgehead atoms. The van der Waals surface area contributed by atoms with Crippen molar-refractivity contribution >= 4 is 21.6 Å². The van der Waals surface area contributed by atoms with Crippen molar-refractivity contribution in [2.75, 3.05) is 19.0 Å². The molecule has 0 spiro atoms. The summed E-state index contributed by atoms with van der Waals surface area (Å²) in [5.74, 6) is 0.854. The number of ether oxygens (including phenoxy) is 2. The molecular weight excluding hydrogens is 406 g/mol. The number of carbonyl (C=O) groups is 1. The number of amides is 2. The minimum absolute atomic E-state index is 0.0923. The van der Waals surface area contributed by atoms with Crippen molar-refractivity contribution in [1.82, 2.24) is 9.78 Å². The van der Waals surface area contributed by atoms with E-state index < -0.39 is 15.9 Å². The number of methoxy groups -OCH3 is 1. The van der Waals surface area contributed by atoms with Gasteiger partial charge in [0, 0.05) is 5.69 Å². The first-order chi connectivity index (χ1) is 14.5. The molecule has 3 aliphatic rings. The second-order valence-corrected chi connectivity index (χ2v) is 9.39. The Hall–Kier alpha value is -2.85. The molecule has 2 heterocycles. The van der Waals surface area contributed by atoms with Gasteiger partial charge in [-0.3, -0.25) is 0 Å². The second-order valence-electron chi connectivity index (χ2n) is 7.63. The molecule has 5 rings (SSSR count). The number of carbonyl (C=O) groups excluding carboxylic acids is 1. The van der Waals surface area contributed by atoms with E-state index in [-0.39, 0.29) is 17.4 Å². The smallest absolute Gasteiger partial charge is 0.354 e. The van der Waals surface area contributed by atoms with Gasteiger partial charge in [0.2, 0.25) is 5.88 Å². The number of aryl methyl sites for hydroxylation is 2. The van der Waals surface area contributed by atoms with Gasteiger partial charge in [-0.15, -0.1) is 4.36 Å². The van der Waals surface area contributed by atoms with E-state index in [1.807, 2.05) is 6.08 Å². The zero-order chi connectivity index (χ0) is 20.9. The van der Waals surface area contributed by atoms with E-state index in [9.17, 15) is 9.00 Å². The highest BCUT2D eigenvalue weighted by molar-refractivity contribution is 7.91. The average Bonchev–Trinajstić information content (AvgIpc) is 3.26. The van der Waals surface area contributed by atoms with E-state index in [1.165, 1.54) is 27.6 Å². The first kappa shape index (κ1) is 19.1. The van der Waals surface area contributed by atoms with Crippen LogP contribution in [0.4, 0.5) is 10.5 Å². The van der Waals surface area contributed by atoms with Gasteiger partial charge in [0.05, 0.1) is 19.9 Å². The molecule has 10 heteroatoms. The number of urea groups is 1. The highest BCUT2D eigenvalue weighted by atomic mass is 32.2. The van der Waals surface area contributed by atoms with E-state index in [4.69, 9.17) is 14.6 Å². The minimum Gasteiger partial charge on any atom is -0.498 e. The zero-order valence-corrected chi connectivity index (χ0v) is 17.5. The van der Waals surface area contributed by atoms with Gasteiger partial charge in [-0.1, -0.05) is 6.07 Å². The number of allylic oxidation sites excluding steroid dienone is 1. The Balaban J connectivity index is 1.44. The minimum atomic E-state index is -3.55. The third-order valence-corrected chi connectivity index (χ3v) is 7.22. The first-order valence-corrected chi connectivity index (χ1v) is 11.5. The lowest BCUT2D eigenvalue weighted by Crippen LogP contribution is -2.21. The fourth-order valence-electron chi connectivity index (χ4n) is 4.26. The Morgan fingerprint density at radius 1 is 1.30 bits per heavy atom. The predicted molar refractivity (Wildman–Crippen MR) is 111 cm³/mol. The maximum absolute atomic E-state index is 13.2. The van der Waals surface area contributed by atoms with E-state index in [2.05, 4.69) is 20.8 Å². The number of aromatic nitrogens is 2. The van der Waals surface area contributed by atoms with Gasteiger partial charge in [0.15, 0.2) is 9.92 Å². The molecule has 0 saturated carbocycles. The first-order valence-electron chi connectivity index (χ1n) is 9.90. The lowest BCUT2D eigenvalue weighted by molar-refractivity contribution is 0.214. The number of nitrogens with zero attached hydrogens (tertiary/aromatic N) is 3. The zero-order valence-electron chi connectivity index (χ0n) is 16.6. The molecule has 2 amide bonds. The van der Waals surface area contributed by atoms with Crippen molar-refractivity contribution in [1.29, 1.82) is 0 Å². The highest BCUT2D eigenvalue weighted by Crippen LogP contribution is 2.39. The Bertz CT molecular complexity index is 1210. The van der Waals surface area contributed by atoms with Gasteiger partial charge in [-0.2, -0.15) is 5.10 Å². The van der Waals surface area contributed by atoms with Crippen LogP contribution >= 0.6 is 0 Å². The average molecular weight is 430 g/mol. The summed E-state index contributed by atoms with van der Waals surface area (Å²) in [5, 5.41) is 13.0. The maximum atomic E-state index is 13.2. The fourth-order valence-corrected chi connectivity index (χ4v) is 5.26. The van der Waals surface area contributed by atoms with Crippen LogP contribution < -0.4 is 15.2 Å². The number of hydrogen-bond acceptors (Lipinski definition) is 5. The van der Waals surface area contributed by atoms with Crippen LogP contribution in [0.5, 0.6) is 5.88 Å². The topological polar surface area (TPSA) is 121 Å². The van der Waals surface area contributed by atoms with Crippen molar-refractivity contribution in [3.05, 3.63) is 46.4 Å². The summed E-state index contributed by atoms with van der Waals surface area (Å²) < 4.78 is 29.3. The summed E-state index contributed by atoms with van der Waals surface area (Å²) in [5.41, 5.74) is 5.71. The summed E-state index contributed by atoms with van der Waals surface area (Å²) in [6.07, 6.45) is 8.12. The van der Waals surface area contributed by atoms with Crippen molar-refractivity contribution in [3.63, 3.8) is 0 Å². The SMILES string of the molecule is COC1=CCn2ncc(S(N)(=O)=NC(=O)Nc3c4c(cc5c3CC5)CCC4)c2OC1. The molecular formula is C20H23N5O4S. The standard InChI is InChI=1S/C20H23N5O4S/c1-28-14-7-8-25-19(29-11-14)17(10-22-25)30(21,27)24-20(26)23-18-15-4-2-3-12(15)9-13-5-6-16(13)18/h7,9-10H,2-6,8,11H2,1H3,(H3,21,23,24,26,27). The van der Waals surface area contributed by atoms with Gasteiger partial charge in [0.25, 0.3) is 0 Å². The molecule has 1 atom stereocenters. The van der Waals surface area contributed by atoms with Gasteiger partial charge in [0.1, 0.15) is 17.3 Å². The van der Waals surface area contributed by atoms with Crippen LogP contribution in [0.2, 0.25) is 0 Å². The molecule has 158 valence electrons. The van der Waals surface area contributed by atoms with Gasteiger partial charge in [-0.25, -0.2) is 18.8 Å². The molecule has 0 fully saturated rings. The van der Waals surface area contributed by atoms with Gasteiger partial charge < -0.3 is 14.8 Å². The lowest BCUT2D eigenvalue weighted by atomic mass is 9.83. The normalized spacial score (nSPS) is 18.4. The molecule has 0 radical (unpaired) electrons. The third kappa shape index (κ3) is 3.16. The molecule has 0 saturated heterocycles. The number of fused-ring (bicyclic) bond motifs is 3. The number of nitrogens with one attached hydrogen (secondary N) is 1. The van der Waals surface area contributed by atoms with E-state index >= 15 is 0 Å². The van der Waals surface area contributed by atoms with Crippen molar-refractivity contribution in [2.45, 2.75) is 43.5 Å². The Morgan fingerprint density at radius 3 is 2.87 bits per heavy atom. The van der Waals surface area contributed by atoms with Crippen molar-refractivity contribution in [2.24, 2.45) is 9.50 Å². The molecule has 30 heavy (non-hydrogen) atoms. The van der Waals surface area contributed by atoms with E-state index in [1.54, 1.807) is 7.11 Å². The lowest BCUT2D eigenvalue weighted by Gasteiger charge is -2.25. The number of nitrogens with two attached hydrogens (primary N) is 1. The van der Waals surface area contributed by atoms with Crippen LogP contribution in [0.1, 0.15) is 28.7 Å². The number of benzene rings is 1. The molecule has 9 nitrogen and oxygen atoms in total. The molecule has 1 aromatic carbocycles. The maximum Gasteiger partial charge on any atom is 0.354 e. The summed E-state index contributed by atoms with van der Waals surface area (Å²) in [4.78, 5) is 12.8. The monoisotopic (exact) mass is 429 g/mol. The van der Waals surface area contributed by atoms with Crippen LogP contribution in [-0.4, -0.2) is 33.7 Å². The fraction of sp³-hybridized carbons (Fsp3) is 0.400. The second kappa shape index (κ2) is 7.13. The predicted octanol–water partition coefficient (Wildman–Crippen LogP) is 2.33. The van der Waals surface area contributed by atoms with E-state index in [0.29, 0.717) is 12.3 Å². The van der Waals surface area contributed by atoms with Gasteiger partial charge >= 0.3 is 6.03 Å². The summed E-state index contributed by atoms with van der Waals surface area (Å²) >= 11 is 0. The molecule has 2 aromatic rings. The van der Waals surface area contributed by atoms with Gasteiger partial charge in [-0.05, 0) is 60.4 Å². The molecule has 1 unspecified atom stereocenters. The number of rotatable bonds is 3. The quantitative estimate of drug-likeness (QED) is 0.776. The summed E-state index contributed by atoms with van der Waals surface area (Å²) in [6.45, 7) is 0.529. The molecule has 2 aliphatic carbocycles. The highest BCUT2D eigenvalue weighted by Gasteiger charge is 2.28. The summed E-state index contributed by atoms with van der Waals surface area (Å²) in [6, 6.07) is 1.53. The molecule has 1 aliphatic heterocycles. The van der Waals surface area contributed by atoms with Crippen molar-refractivity contribution < 1.29 is 18.5 Å². The molecule has 1 aromatic heterocycles. The van der Waals surface area contributed by atoms with Crippen LogP contribution in [0.15, 0.2) is 33.4 Å². The summed E-state index contributed by atoms with van der Waals surface area (Å²) in [7, 11) is -2.00. The molecule has 3 N–H and O–H groups in total. The number of anilines is 1. The Morgan fingerprint density at radius 2 is 2.10 bits per heavy atom. The Kier molecular flexibility index (Phi) is 4.55. The van der Waals surface area contributed by atoms with Crippen LogP contribution in [-0.2, 0) is 46.9 Å². The number of hydrogen-bond donors (Lipinski definition) is 2. The van der Waals surface area contributed by atoms with Crippen LogP contribution in [0.3, 0.4) is 0 Å². The van der Waals surface area contributed by atoms with Crippen molar-refractivity contribution in [3.8, 4) is 5.88 Å². The largest absolute Gasteiger partial charge is 0.498 e.